The molecular formula is C10H3F3O3. The molecule has 82 valence electrons. The summed E-state index contributed by atoms with van der Waals surface area (Å²) in [5.41, 5.74) is -1.32. The van der Waals surface area contributed by atoms with Crippen molar-refractivity contribution in [2.75, 3.05) is 0 Å². The Morgan fingerprint density at radius 3 is 2.00 bits per heavy atom. The number of carbonyl (C=O) groups excluding carboxylic acids is 2. The van der Waals surface area contributed by atoms with Gasteiger partial charge in [-0.15, -0.1) is 0 Å². The minimum Gasteiger partial charge on any atom is -0.386 e. The van der Waals surface area contributed by atoms with E-state index in [1.807, 2.05) is 0 Å². The summed E-state index contributed by atoms with van der Waals surface area (Å²) < 4.78 is 43.1. The number of hydrogen-bond donors (Lipinski definition) is 0. The van der Waals surface area contributed by atoms with Crippen molar-refractivity contribution in [1.29, 1.82) is 0 Å². The van der Waals surface area contributed by atoms with Crippen LogP contribution in [0.2, 0.25) is 0 Å². The van der Waals surface area contributed by atoms with Crippen molar-refractivity contribution in [2.24, 2.45) is 0 Å². The third-order valence-corrected chi connectivity index (χ3v) is 1.95. The molecule has 0 amide bonds. The number of hydrogen-bond acceptors (Lipinski definition) is 3. The predicted octanol–water partition coefficient (Wildman–Crippen LogP) is 1.57. The molecule has 6 heteroatoms. The van der Waals surface area contributed by atoms with Crippen LogP contribution in [-0.2, 0) is 14.3 Å². The fraction of sp³-hybridized carbons (Fsp3) is 0. The monoisotopic (exact) mass is 228 g/mol. The van der Waals surface area contributed by atoms with Crippen LogP contribution in [0, 0.1) is 17.5 Å². The maximum absolute atomic E-state index is 13.2. The first kappa shape index (κ1) is 10.4. The Morgan fingerprint density at radius 2 is 1.56 bits per heavy atom. The molecule has 0 saturated carbocycles. The lowest BCUT2D eigenvalue weighted by atomic mass is 10.1. The predicted molar refractivity (Wildman–Crippen MR) is 45.4 cm³/mol. The molecule has 0 N–H and O–H groups in total. The maximum Gasteiger partial charge on any atom is 0.347 e. The summed E-state index contributed by atoms with van der Waals surface area (Å²) in [5, 5.41) is 0. The molecule has 0 unspecified atom stereocenters. The Hall–Kier alpha value is -2.11. The maximum atomic E-state index is 13.2. The molecule has 1 aliphatic heterocycles. The Balaban J connectivity index is 2.61. The fourth-order valence-corrected chi connectivity index (χ4v) is 1.33. The van der Waals surface area contributed by atoms with Gasteiger partial charge in [0.2, 0.25) is 0 Å². The summed E-state index contributed by atoms with van der Waals surface area (Å²) in [6, 6.07) is 0.824. The molecule has 16 heavy (non-hydrogen) atoms. The first-order valence-corrected chi connectivity index (χ1v) is 4.12. The van der Waals surface area contributed by atoms with Crippen LogP contribution in [0.4, 0.5) is 13.2 Å². The lowest BCUT2D eigenvalue weighted by Crippen LogP contribution is -2.05. The normalized spacial score (nSPS) is 15.1. The van der Waals surface area contributed by atoms with Crippen LogP contribution in [0.5, 0.6) is 0 Å². The van der Waals surface area contributed by atoms with Crippen LogP contribution in [-0.4, -0.2) is 11.9 Å². The molecule has 1 aromatic rings. The average Bonchev–Trinajstić information content (AvgIpc) is 2.43. The third kappa shape index (κ3) is 1.58. The molecule has 1 aliphatic rings. The van der Waals surface area contributed by atoms with E-state index < -0.39 is 40.5 Å². The number of cyclic esters (lactones) is 2. The SMILES string of the molecule is O=C1C=C(c2c(F)cc(F)cc2F)C(=O)O1. The molecule has 0 fully saturated rings. The second-order valence-corrected chi connectivity index (χ2v) is 3.01. The molecular weight excluding hydrogens is 225 g/mol. The summed E-state index contributed by atoms with van der Waals surface area (Å²) in [4.78, 5) is 21.7. The van der Waals surface area contributed by atoms with Crippen molar-refractivity contribution in [2.45, 2.75) is 0 Å². The number of halogens is 3. The summed E-state index contributed by atoms with van der Waals surface area (Å²) in [7, 11) is 0. The molecule has 2 rings (SSSR count). The van der Waals surface area contributed by atoms with Gasteiger partial charge < -0.3 is 4.74 Å². The third-order valence-electron chi connectivity index (χ3n) is 1.95. The number of carbonyl (C=O) groups is 2. The van der Waals surface area contributed by atoms with Gasteiger partial charge in [-0.3, -0.25) is 0 Å². The number of esters is 2. The Bertz CT molecular complexity index is 511. The van der Waals surface area contributed by atoms with Crippen molar-refractivity contribution >= 4 is 17.5 Å². The molecule has 0 aromatic heterocycles. The van der Waals surface area contributed by atoms with Crippen LogP contribution in [0.1, 0.15) is 5.56 Å². The van der Waals surface area contributed by atoms with Gasteiger partial charge in [0.05, 0.1) is 11.1 Å². The van der Waals surface area contributed by atoms with E-state index in [1.54, 1.807) is 0 Å². The molecule has 1 heterocycles. The van der Waals surface area contributed by atoms with E-state index in [0.717, 1.165) is 0 Å². The summed E-state index contributed by atoms with van der Waals surface area (Å²) in [5.74, 6) is -5.82. The lowest BCUT2D eigenvalue weighted by molar-refractivity contribution is -0.149. The molecule has 0 saturated heterocycles. The fourth-order valence-electron chi connectivity index (χ4n) is 1.33. The zero-order valence-electron chi connectivity index (χ0n) is 7.59. The van der Waals surface area contributed by atoms with Crippen LogP contribution >= 0.6 is 0 Å². The van der Waals surface area contributed by atoms with E-state index >= 15 is 0 Å². The topological polar surface area (TPSA) is 43.4 Å². The summed E-state index contributed by atoms with van der Waals surface area (Å²) in [6.45, 7) is 0. The van der Waals surface area contributed by atoms with E-state index in [2.05, 4.69) is 4.74 Å². The van der Waals surface area contributed by atoms with E-state index in [-0.39, 0.29) is 0 Å². The lowest BCUT2D eigenvalue weighted by Gasteiger charge is -2.03. The molecule has 0 bridgehead atoms. The highest BCUT2D eigenvalue weighted by Crippen LogP contribution is 2.27. The molecule has 0 atom stereocenters. The zero-order valence-corrected chi connectivity index (χ0v) is 7.59. The minimum absolute atomic E-state index is 0.412. The van der Waals surface area contributed by atoms with Gasteiger partial charge in [0.15, 0.2) is 0 Å². The summed E-state index contributed by atoms with van der Waals surface area (Å²) in [6.07, 6.45) is 0.654. The summed E-state index contributed by atoms with van der Waals surface area (Å²) >= 11 is 0. The van der Waals surface area contributed by atoms with Gasteiger partial charge in [0, 0.05) is 18.2 Å². The molecule has 0 radical (unpaired) electrons. The van der Waals surface area contributed by atoms with Gasteiger partial charge in [-0.05, 0) is 0 Å². The Labute approximate surface area is 87.1 Å². The van der Waals surface area contributed by atoms with Crippen molar-refractivity contribution in [3.8, 4) is 0 Å². The number of benzene rings is 1. The smallest absolute Gasteiger partial charge is 0.347 e. The highest BCUT2D eigenvalue weighted by atomic mass is 19.1. The molecule has 3 nitrogen and oxygen atoms in total. The van der Waals surface area contributed by atoms with Crippen molar-refractivity contribution in [1.82, 2.24) is 0 Å². The second-order valence-electron chi connectivity index (χ2n) is 3.01. The molecule has 0 spiro atoms. The van der Waals surface area contributed by atoms with Crippen molar-refractivity contribution in [3.63, 3.8) is 0 Å². The first-order valence-electron chi connectivity index (χ1n) is 4.12. The quantitative estimate of drug-likeness (QED) is 0.541. The number of rotatable bonds is 1. The first-order chi connectivity index (χ1) is 7.49. The van der Waals surface area contributed by atoms with Crippen LogP contribution in [0.3, 0.4) is 0 Å². The molecule has 1 aromatic carbocycles. The zero-order chi connectivity index (χ0) is 11.9. The largest absolute Gasteiger partial charge is 0.386 e. The van der Waals surface area contributed by atoms with Gasteiger partial charge >= 0.3 is 11.9 Å². The Kier molecular flexibility index (Phi) is 2.26. The van der Waals surface area contributed by atoms with Gasteiger partial charge in [-0.25, -0.2) is 22.8 Å². The molecule has 0 aliphatic carbocycles. The van der Waals surface area contributed by atoms with Gasteiger partial charge in [-0.2, -0.15) is 0 Å². The highest BCUT2D eigenvalue weighted by molar-refractivity contribution is 6.28. The second kappa shape index (κ2) is 3.48. The van der Waals surface area contributed by atoms with Crippen LogP contribution < -0.4 is 0 Å². The van der Waals surface area contributed by atoms with E-state index in [4.69, 9.17) is 0 Å². The van der Waals surface area contributed by atoms with Crippen molar-refractivity contribution in [3.05, 3.63) is 41.2 Å². The Morgan fingerprint density at radius 1 is 1.00 bits per heavy atom. The van der Waals surface area contributed by atoms with E-state index in [1.165, 1.54) is 0 Å². The van der Waals surface area contributed by atoms with E-state index in [9.17, 15) is 22.8 Å². The average molecular weight is 228 g/mol. The van der Waals surface area contributed by atoms with Crippen molar-refractivity contribution < 1.29 is 27.5 Å². The van der Waals surface area contributed by atoms with Crippen LogP contribution in [0.15, 0.2) is 18.2 Å². The van der Waals surface area contributed by atoms with Gasteiger partial charge in [0.25, 0.3) is 0 Å². The van der Waals surface area contributed by atoms with Gasteiger partial charge in [-0.1, -0.05) is 0 Å². The van der Waals surface area contributed by atoms with E-state index in [0.29, 0.717) is 18.2 Å². The van der Waals surface area contributed by atoms with Gasteiger partial charge in [0.1, 0.15) is 17.5 Å². The highest BCUT2D eigenvalue weighted by Gasteiger charge is 2.29. The number of ether oxygens (including phenoxy) is 1. The van der Waals surface area contributed by atoms with Crippen LogP contribution in [0.25, 0.3) is 5.57 Å². The standard InChI is InChI=1S/C10H3F3O3/c11-4-1-6(12)9(7(13)2-4)5-3-8(14)16-10(5)15/h1-3H. The minimum atomic E-state index is -1.27.